The normalized spacial score (nSPS) is 15.2. The van der Waals surface area contributed by atoms with Gasteiger partial charge in [0.1, 0.15) is 18.0 Å². The van der Waals surface area contributed by atoms with Crippen LogP contribution in [0.5, 0.6) is 5.75 Å². The van der Waals surface area contributed by atoms with Gasteiger partial charge in [0.05, 0.1) is 0 Å². The van der Waals surface area contributed by atoms with Crippen LogP contribution in [0.15, 0.2) is 48.8 Å². The Hall–Kier alpha value is -2.76. The molecular formula is C22H29N3O3. The molecule has 1 fully saturated rings. The highest BCUT2D eigenvalue weighted by molar-refractivity contribution is 5.68. The Morgan fingerprint density at radius 3 is 2.36 bits per heavy atom. The standard InChI is InChI=1S/C22H29N3O3/c1-22(2,3)28-21(26)25-14-10-19(11-15-25)24-18-4-6-20(7-5-18)27-16-17-8-12-23-13-9-17/h4-9,12-13,19,24H,10-11,14-16H2,1-3H3. The molecule has 0 saturated carbocycles. The van der Waals surface area contributed by atoms with E-state index in [9.17, 15) is 4.79 Å². The highest BCUT2D eigenvalue weighted by atomic mass is 16.6. The topological polar surface area (TPSA) is 63.7 Å². The van der Waals surface area contributed by atoms with Crippen molar-refractivity contribution in [2.45, 2.75) is 51.9 Å². The Morgan fingerprint density at radius 2 is 1.75 bits per heavy atom. The van der Waals surface area contributed by atoms with Crippen LogP contribution in [0, 0.1) is 0 Å². The van der Waals surface area contributed by atoms with Gasteiger partial charge in [-0.1, -0.05) is 0 Å². The lowest BCUT2D eigenvalue weighted by molar-refractivity contribution is 0.0210. The van der Waals surface area contributed by atoms with Crippen molar-refractivity contribution in [3.63, 3.8) is 0 Å². The number of rotatable bonds is 5. The maximum atomic E-state index is 12.1. The zero-order chi connectivity index (χ0) is 20.0. The third kappa shape index (κ3) is 6.15. The molecule has 0 aliphatic carbocycles. The predicted octanol–water partition coefficient (Wildman–Crippen LogP) is 4.47. The summed E-state index contributed by atoms with van der Waals surface area (Å²) >= 11 is 0. The minimum Gasteiger partial charge on any atom is -0.489 e. The molecule has 1 N–H and O–H groups in total. The van der Waals surface area contributed by atoms with E-state index in [0.29, 0.717) is 25.7 Å². The van der Waals surface area contributed by atoms with Crippen LogP contribution in [0.25, 0.3) is 0 Å². The van der Waals surface area contributed by atoms with E-state index in [4.69, 9.17) is 9.47 Å². The lowest BCUT2D eigenvalue weighted by Gasteiger charge is -2.34. The van der Waals surface area contributed by atoms with Gasteiger partial charge in [0.25, 0.3) is 0 Å². The summed E-state index contributed by atoms with van der Waals surface area (Å²) in [6.45, 7) is 7.62. The van der Waals surface area contributed by atoms with Gasteiger partial charge in [0, 0.05) is 37.2 Å². The summed E-state index contributed by atoms with van der Waals surface area (Å²) in [6, 6.07) is 12.2. The minimum absolute atomic E-state index is 0.221. The van der Waals surface area contributed by atoms with Gasteiger partial charge in [-0.15, -0.1) is 0 Å². The van der Waals surface area contributed by atoms with Crippen molar-refractivity contribution in [2.75, 3.05) is 18.4 Å². The Morgan fingerprint density at radius 1 is 1.11 bits per heavy atom. The van der Waals surface area contributed by atoms with Gasteiger partial charge in [-0.2, -0.15) is 0 Å². The van der Waals surface area contributed by atoms with Crippen LogP contribution in [0.2, 0.25) is 0 Å². The summed E-state index contributed by atoms with van der Waals surface area (Å²) in [4.78, 5) is 17.9. The first-order chi connectivity index (χ1) is 13.4. The molecule has 1 aromatic carbocycles. The fourth-order valence-electron chi connectivity index (χ4n) is 3.06. The molecule has 1 amide bonds. The van der Waals surface area contributed by atoms with E-state index in [1.807, 2.05) is 57.2 Å². The summed E-state index contributed by atoms with van der Waals surface area (Å²) in [6.07, 6.45) is 5.11. The van der Waals surface area contributed by atoms with Gasteiger partial charge < -0.3 is 19.7 Å². The summed E-state index contributed by atoms with van der Waals surface area (Å²) < 4.78 is 11.3. The summed E-state index contributed by atoms with van der Waals surface area (Å²) in [5.74, 6) is 0.835. The Kier molecular flexibility index (Phi) is 6.39. The maximum absolute atomic E-state index is 12.1. The van der Waals surface area contributed by atoms with E-state index < -0.39 is 5.60 Å². The average molecular weight is 383 g/mol. The first-order valence-corrected chi connectivity index (χ1v) is 9.75. The largest absolute Gasteiger partial charge is 0.489 e. The number of piperidine rings is 1. The average Bonchev–Trinajstić information content (AvgIpc) is 2.67. The van der Waals surface area contributed by atoms with Gasteiger partial charge in [-0.3, -0.25) is 4.98 Å². The van der Waals surface area contributed by atoms with Crippen molar-refractivity contribution >= 4 is 11.8 Å². The summed E-state index contributed by atoms with van der Waals surface area (Å²) in [5, 5.41) is 3.55. The number of nitrogens with zero attached hydrogens (tertiary/aromatic N) is 2. The van der Waals surface area contributed by atoms with E-state index in [-0.39, 0.29) is 6.09 Å². The second-order valence-electron chi connectivity index (χ2n) is 8.05. The Labute approximate surface area is 166 Å². The zero-order valence-corrected chi connectivity index (χ0v) is 16.9. The van der Waals surface area contributed by atoms with Gasteiger partial charge in [0.2, 0.25) is 0 Å². The van der Waals surface area contributed by atoms with Crippen molar-refractivity contribution in [3.8, 4) is 5.75 Å². The second kappa shape index (κ2) is 8.95. The minimum atomic E-state index is -0.451. The van der Waals surface area contributed by atoms with Crippen molar-refractivity contribution in [3.05, 3.63) is 54.4 Å². The number of benzene rings is 1. The van der Waals surface area contributed by atoms with Gasteiger partial charge in [-0.25, -0.2) is 4.79 Å². The highest BCUT2D eigenvalue weighted by Gasteiger charge is 2.26. The van der Waals surface area contributed by atoms with Crippen LogP contribution in [0.4, 0.5) is 10.5 Å². The van der Waals surface area contributed by atoms with Crippen molar-refractivity contribution < 1.29 is 14.3 Å². The second-order valence-corrected chi connectivity index (χ2v) is 8.05. The first kappa shape index (κ1) is 20.0. The van der Waals surface area contributed by atoms with E-state index in [1.54, 1.807) is 17.3 Å². The fourth-order valence-corrected chi connectivity index (χ4v) is 3.06. The monoisotopic (exact) mass is 383 g/mol. The van der Waals surface area contributed by atoms with Crippen LogP contribution < -0.4 is 10.1 Å². The molecule has 1 aliphatic heterocycles. The van der Waals surface area contributed by atoms with Crippen LogP contribution in [0.1, 0.15) is 39.2 Å². The lowest BCUT2D eigenvalue weighted by Crippen LogP contribution is -2.44. The van der Waals surface area contributed by atoms with Gasteiger partial charge in [-0.05, 0) is 75.6 Å². The molecule has 0 bridgehead atoms. The molecule has 1 aliphatic rings. The number of aromatic nitrogens is 1. The zero-order valence-electron chi connectivity index (χ0n) is 16.9. The van der Waals surface area contributed by atoms with E-state index >= 15 is 0 Å². The number of hydrogen-bond acceptors (Lipinski definition) is 5. The number of pyridine rings is 1. The van der Waals surface area contributed by atoms with Crippen LogP contribution in [0.3, 0.4) is 0 Å². The number of anilines is 1. The summed E-state index contributed by atoms with van der Waals surface area (Å²) in [7, 11) is 0. The number of nitrogens with one attached hydrogen (secondary N) is 1. The Balaban J connectivity index is 1.43. The third-order valence-corrected chi connectivity index (χ3v) is 4.53. The number of likely N-dealkylation sites (tertiary alicyclic amines) is 1. The van der Waals surface area contributed by atoms with E-state index in [0.717, 1.165) is 29.8 Å². The van der Waals surface area contributed by atoms with E-state index in [1.165, 1.54) is 0 Å². The van der Waals surface area contributed by atoms with Gasteiger partial charge >= 0.3 is 6.09 Å². The molecule has 6 heteroatoms. The maximum Gasteiger partial charge on any atom is 0.410 e. The Bertz CT molecular complexity index is 749. The molecule has 28 heavy (non-hydrogen) atoms. The molecule has 150 valence electrons. The molecule has 3 rings (SSSR count). The predicted molar refractivity (Wildman–Crippen MR) is 109 cm³/mol. The van der Waals surface area contributed by atoms with Crippen LogP contribution in [-0.2, 0) is 11.3 Å². The number of carbonyl (C=O) groups excluding carboxylic acids is 1. The smallest absolute Gasteiger partial charge is 0.410 e. The molecule has 0 unspecified atom stereocenters. The highest BCUT2D eigenvalue weighted by Crippen LogP contribution is 2.21. The SMILES string of the molecule is CC(C)(C)OC(=O)N1CCC(Nc2ccc(OCc3ccncc3)cc2)CC1. The number of carbonyl (C=O) groups is 1. The van der Waals surface area contributed by atoms with Gasteiger partial charge in [0.15, 0.2) is 0 Å². The molecule has 6 nitrogen and oxygen atoms in total. The number of ether oxygens (including phenoxy) is 2. The summed E-state index contributed by atoms with van der Waals surface area (Å²) in [5.41, 5.74) is 1.70. The molecule has 1 saturated heterocycles. The number of hydrogen-bond donors (Lipinski definition) is 1. The molecule has 2 aromatic rings. The van der Waals surface area contributed by atoms with Crippen LogP contribution in [-0.4, -0.2) is 40.7 Å². The van der Waals surface area contributed by atoms with Crippen molar-refractivity contribution in [2.24, 2.45) is 0 Å². The molecule has 0 radical (unpaired) electrons. The first-order valence-electron chi connectivity index (χ1n) is 9.75. The van der Waals surface area contributed by atoms with Crippen molar-refractivity contribution in [1.29, 1.82) is 0 Å². The molecule has 2 heterocycles. The van der Waals surface area contributed by atoms with Crippen LogP contribution >= 0.6 is 0 Å². The molecule has 1 aromatic heterocycles. The lowest BCUT2D eigenvalue weighted by atomic mass is 10.0. The third-order valence-electron chi connectivity index (χ3n) is 4.53. The molecule has 0 spiro atoms. The fraction of sp³-hybridized carbons (Fsp3) is 0.455. The molecule has 0 atom stereocenters. The quantitative estimate of drug-likeness (QED) is 0.825. The number of amides is 1. The van der Waals surface area contributed by atoms with E-state index in [2.05, 4.69) is 10.3 Å². The van der Waals surface area contributed by atoms with Crippen molar-refractivity contribution in [1.82, 2.24) is 9.88 Å². The molecular weight excluding hydrogens is 354 g/mol.